The average molecular weight is 307 g/mol. The van der Waals surface area contributed by atoms with Crippen molar-refractivity contribution in [2.75, 3.05) is 25.4 Å². The summed E-state index contributed by atoms with van der Waals surface area (Å²) in [5.74, 6) is 1.97. The van der Waals surface area contributed by atoms with Crippen LogP contribution in [0.5, 0.6) is 5.75 Å². The number of anilines is 1. The number of hydrogen-bond donors (Lipinski definition) is 2. The van der Waals surface area contributed by atoms with E-state index in [2.05, 4.69) is 16.4 Å². The fraction of sp³-hybridized carbons (Fsp3) is 0.438. The monoisotopic (exact) mass is 307 g/mol. The molecule has 1 aromatic carbocycles. The van der Waals surface area contributed by atoms with E-state index in [0.29, 0.717) is 0 Å². The van der Waals surface area contributed by atoms with Gasteiger partial charge in [-0.25, -0.2) is 0 Å². The van der Waals surface area contributed by atoms with Crippen LogP contribution in [0.3, 0.4) is 0 Å². The first-order valence-corrected chi connectivity index (χ1v) is 7.22. The van der Waals surface area contributed by atoms with Crippen LogP contribution in [0.1, 0.15) is 25.0 Å². The quantitative estimate of drug-likeness (QED) is 0.806. The smallest absolute Gasteiger partial charge is 0.145 e. The van der Waals surface area contributed by atoms with Gasteiger partial charge in [-0.15, -0.1) is 0 Å². The lowest BCUT2D eigenvalue weighted by Gasteiger charge is -2.09. The third kappa shape index (κ3) is 4.87. The molecule has 0 aliphatic carbocycles. The van der Waals surface area contributed by atoms with Gasteiger partial charge in [0.05, 0.1) is 18.8 Å². The van der Waals surface area contributed by atoms with E-state index in [9.17, 15) is 0 Å². The molecule has 3 N–H and O–H groups in total. The number of carbonyl (C=O) groups excluding carboxylic acids is 2. The molecule has 0 unspecified atom stereocenters. The van der Waals surface area contributed by atoms with Crippen LogP contribution in [0.2, 0.25) is 0 Å². The molecule has 2 aliphatic heterocycles. The van der Waals surface area contributed by atoms with E-state index in [1.807, 2.05) is 33.5 Å². The highest BCUT2D eigenvalue weighted by Crippen LogP contribution is 2.34. The van der Waals surface area contributed by atoms with E-state index >= 15 is 0 Å². The van der Waals surface area contributed by atoms with Crippen molar-refractivity contribution in [1.29, 1.82) is 0 Å². The van der Waals surface area contributed by atoms with Crippen LogP contribution < -0.4 is 15.8 Å². The molecule has 0 aromatic heterocycles. The van der Waals surface area contributed by atoms with Gasteiger partial charge in [-0.3, -0.25) is 4.99 Å². The third-order valence-electron chi connectivity index (χ3n) is 3.09. The van der Waals surface area contributed by atoms with Gasteiger partial charge in [-0.05, 0) is 11.6 Å². The lowest BCUT2D eigenvalue weighted by atomic mass is 10.0. The standard InChI is InChI=1S/C12H15N3O.C2H6.2CH2O/c13-10-2-1-8(7-11-14-4-5-15-11)9-3-6-16-12(9)10;3*1-2/h1-2H,3-7,13H2,(H,14,15);1-2H3;2*1H2. The Kier molecular flexibility index (Phi) is 10.1. The molecule has 2 heterocycles. The highest BCUT2D eigenvalue weighted by atomic mass is 16.5. The first-order valence-electron chi connectivity index (χ1n) is 7.22. The van der Waals surface area contributed by atoms with Gasteiger partial charge < -0.3 is 25.4 Å². The van der Waals surface area contributed by atoms with E-state index in [4.69, 9.17) is 20.1 Å². The van der Waals surface area contributed by atoms with Crippen LogP contribution in [-0.4, -0.2) is 39.1 Å². The minimum Gasteiger partial charge on any atom is -0.491 e. The maximum Gasteiger partial charge on any atom is 0.145 e. The molecule has 0 spiro atoms. The predicted molar refractivity (Wildman–Crippen MR) is 89.7 cm³/mol. The Hall–Kier alpha value is -2.37. The van der Waals surface area contributed by atoms with Crippen molar-refractivity contribution in [1.82, 2.24) is 5.32 Å². The molecule has 0 saturated heterocycles. The van der Waals surface area contributed by atoms with E-state index < -0.39 is 0 Å². The summed E-state index contributed by atoms with van der Waals surface area (Å²) < 4.78 is 5.55. The minimum atomic E-state index is 0.746. The fourth-order valence-corrected chi connectivity index (χ4v) is 2.30. The third-order valence-corrected chi connectivity index (χ3v) is 3.09. The van der Waals surface area contributed by atoms with Crippen LogP contribution in [0.25, 0.3) is 0 Å². The number of carbonyl (C=O) groups is 2. The second kappa shape index (κ2) is 11.3. The Bertz CT molecular complexity index is 488. The Morgan fingerprint density at radius 1 is 1.27 bits per heavy atom. The van der Waals surface area contributed by atoms with Crippen molar-refractivity contribution >= 4 is 25.1 Å². The Balaban J connectivity index is 0.000000661. The molecule has 0 saturated carbocycles. The molecular weight excluding hydrogens is 282 g/mol. The van der Waals surface area contributed by atoms with E-state index in [0.717, 1.165) is 49.8 Å². The van der Waals surface area contributed by atoms with Crippen LogP contribution in [0.4, 0.5) is 5.69 Å². The van der Waals surface area contributed by atoms with Gasteiger partial charge in [0, 0.05) is 24.9 Å². The molecule has 6 heteroatoms. The molecule has 122 valence electrons. The molecular formula is C16H25N3O3. The number of hydrogen-bond acceptors (Lipinski definition) is 6. The van der Waals surface area contributed by atoms with E-state index in [-0.39, 0.29) is 0 Å². The number of nitrogen functional groups attached to an aromatic ring is 1. The molecule has 0 bridgehead atoms. The van der Waals surface area contributed by atoms with Gasteiger partial charge in [0.2, 0.25) is 0 Å². The number of aliphatic imine (C=N–C) groups is 1. The number of rotatable bonds is 2. The van der Waals surface area contributed by atoms with Gasteiger partial charge >= 0.3 is 0 Å². The Labute approximate surface area is 131 Å². The molecule has 0 amide bonds. The van der Waals surface area contributed by atoms with Gasteiger partial charge in [-0.2, -0.15) is 0 Å². The highest BCUT2D eigenvalue weighted by Gasteiger charge is 2.20. The van der Waals surface area contributed by atoms with Crippen LogP contribution in [0.15, 0.2) is 17.1 Å². The van der Waals surface area contributed by atoms with Crippen molar-refractivity contribution in [3.63, 3.8) is 0 Å². The van der Waals surface area contributed by atoms with Crippen molar-refractivity contribution in [2.45, 2.75) is 26.7 Å². The van der Waals surface area contributed by atoms with Gasteiger partial charge in [0.15, 0.2) is 0 Å². The zero-order valence-corrected chi connectivity index (χ0v) is 13.4. The predicted octanol–water partition coefficient (Wildman–Crippen LogP) is 1.40. The van der Waals surface area contributed by atoms with Crippen LogP contribution >= 0.6 is 0 Å². The normalized spacial score (nSPS) is 13.5. The summed E-state index contributed by atoms with van der Waals surface area (Å²) >= 11 is 0. The number of ether oxygens (including phenoxy) is 1. The second-order valence-corrected chi connectivity index (χ2v) is 4.15. The summed E-state index contributed by atoms with van der Waals surface area (Å²) in [4.78, 5) is 20.4. The van der Waals surface area contributed by atoms with Crippen molar-refractivity contribution < 1.29 is 14.3 Å². The van der Waals surface area contributed by atoms with Crippen molar-refractivity contribution in [3.8, 4) is 5.75 Å². The molecule has 1 aromatic rings. The number of fused-ring (bicyclic) bond motifs is 1. The zero-order valence-electron chi connectivity index (χ0n) is 13.4. The Morgan fingerprint density at radius 3 is 2.55 bits per heavy atom. The molecule has 22 heavy (non-hydrogen) atoms. The zero-order chi connectivity index (χ0) is 17.0. The Morgan fingerprint density at radius 2 is 1.95 bits per heavy atom. The maximum atomic E-state index is 8.00. The summed E-state index contributed by atoms with van der Waals surface area (Å²) in [6.45, 7) is 10.6. The number of nitrogens with one attached hydrogen (secondary N) is 1. The first kappa shape index (κ1) is 19.6. The number of benzene rings is 1. The second-order valence-electron chi connectivity index (χ2n) is 4.15. The van der Waals surface area contributed by atoms with Crippen molar-refractivity contribution in [2.24, 2.45) is 4.99 Å². The summed E-state index contributed by atoms with van der Waals surface area (Å²) in [5, 5.41) is 3.29. The van der Waals surface area contributed by atoms with Crippen LogP contribution in [0, 0.1) is 0 Å². The maximum absolute atomic E-state index is 8.00. The lowest BCUT2D eigenvalue weighted by molar-refractivity contribution is -0.0987. The summed E-state index contributed by atoms with van der Waals surface area (Å²) in [6, 6.07) is 4.01. The number of nitrogens with two attached hydrogens (primary N) is 1. The molecule has 0 fully saturated rings. The van der Waals surface area contributed by atoms with Gasteiger partial charge in [-0.1, -0.05) is 19.9 Å². The van der Waals surface area contributed by atoms with E-state index in [1.54, 1.807) is 0 Å². The molecule has 0 radical (unpaired) electrons. The van der Waals surface area contributed by atoms with Gasteiger partial charge in [0.25, 0.3) is 0 Å². The summed E-state index contributed by atoms with van der Waals surface area (Å²) in [6.07, 6.45) is 1.83. The largest absolute Gasteiger partial charge is 0.491 e. The minimum absolute atomic E-state index is 0.746. The average Bonchev–Trinajstić information content (AvgIpc) is 3.28. The molecule has 3 rings (SSSR count). The number of nitrogens with zero attached hydrogens (tertiary/aromatic N) is 1. The summed E-state index contributed by atoms with van der Waals surface area (Å²) in [7, 11) is 0. The molecule has 2 aliphatic rings. The van der Waals surface area contributed by atoms with E-state index in [1.165, 1.54) is 11.1 Å². The van der Waals surface area contributed by atoms with Gasteiger partial charge in [0.1, 0.15) is 25.2 Å². The van der Waals surface area contributed by atoms with Crippen molar-refractivity contribution in [3.05, 3.63) is 23.3 Å². The first-order chi connectivity index (χ1) is 10.8. The van der Waals surface area contributed by atoms with Crippen LogP contribution in [-0.2, 0) is 22.4 Å². The number of amidine groups is 1. The topological polar surface area (TPSA) is 93.8 Å². The molecule has 0 atom stereocenters. The highest BCUT2D eigenvalue weighted by molar-refractivity contribution is 5.86. The summed E-state index contributed by atoms with van der Waals surface area (Å²) in [5.41, 5.74) is 9.17. The molecule has 6 nitrogen and oxygen atoms in total. The SMILES string of the molecule is C=O.C=O.CC.Nc1ccc(CC2=NCCN2)c2c1OCC2. The lowest BCUT2D eigenvalue weighted by Crippen LogP contribution is -2.21. The fourth-order valence-electron chi connectivity index (χ4n) is 2.30.